The predicted molar refractivity (Wildman–Crippen MR) is 73.5 cm³/mol. The van der Waals surface area contributed by atoms with Gasteiger partial charge in [-0.05, 0) is 13.8 Å². The van der Waals surface area contributed by atoms with Gasteiger partial charge in [0.05, 0.1) is 47.5 Å². The Morgan fingerprint density at radius 1 is 0.850 bits per heavy atom. The van der Waals surface area contributed by atoms with Crippen molar-refractivity contribution in [3.8, 4) is 0 Å². The van der Waals surface area contributed by atoms with Gasteiger partial charge in [-0.25, -0.2) is 0 Å². The monoisotopic (exact) mass is 278 g/mol. The van der Waals surface area contributed by atoms with Crippen LogP contribution >= 0.6 is 0 Å². The van der Waals surface area contributed by atoms with Crippen LogP contribution < -0.4 is 0 Å². The highest BCUT2D eigenvalue weighted by Gasteiger charge is 2.85. The first-order valence-electron chi connectivity index (χ1n) is 7.22. The summed E-state index contributed by atoms with van der Waals surface area (Å²) in [7, 11) is 3.51. The first-order valence-corrected chi connectivity index (χ1v) is 7.22. The van der Waals surface area contributed by atoms with Crippen LogP contribution in [0, 0.1) is 10.8 Å². The fourth-order valence-corrected chi connectivity index (χ4v) is 5.39. The molecule has 4 nitrogen and oxygen atoms in total. The Balaban J connectivity index is 1.99. The average Bonchev–Trinajstić information content (AvgIpc) is 3.07. The van der Waals surface area contributed by atoms with Gasteiger partial charge in [-0.15, -0.1) is 0 Å². The third-order valence-electron chi connectivity index (χ3n) is 6.20. The van der Waals surface area contributed by atoms with Gasteiger partial charge in [-0.1, -0.05) is 24.3 Å². The molecule has 0 spiro atoms. The number of ether oxygens (including phenoxy) is 4. The van der Waals surface area contributed by atoms with E-state index in [1.165, 1.54) is 0 Å². The molecule has 4 heterocycles. The fraction of sp³-hybridized carbons (Fsp3) is 0.750. The summed E-state index contributed by atoms with van der Waals surface area (Å²) < 4.78 is 24.1. The first kappa shape index (κ1) is 13.0. The van der Waals surface area contributed by atoms with E-state index in [-0.39, 0.29) is 34.2 Å². The number of methoxy groups -OCH3 is 2. The van der Waals surface area contributed by atoms with Crippen molar-refractivity contribution in [3.05, 3.63) is 24.3 Å². The molecule has 0 aromatic carbocycles. The zero-order valence-corrected chi connectivity index (χ0v) is 12.5. The average molecular weight is 278 g/mol. The minimum absolute atomic E-state index is 0.0162. The van der Waals surface area contributed by atoms with Crippen molar-refractivity contribution in [3.63, 3.8) is 0 Å². The SMILES string of the molecule is COC[C@@]12[C@H]3C=C[C@](C)(O3)[C@]1(COC)[C@H]1C=C[C@]2(C)O1. The van der Waals surface area contributed by atoms with Gasteiger partial charge >= 0.3 is 0 Å². The van der Waals surface area contributed by atoms with Gasteiger partial charge in [0.1, 0.15) is 0 Å². The topological polar surface area (TPSA) is 36.9 Å². The zero-order chi connectivity index (χ0) is 14.2. The molecule has 4 aliphatic rings. The summed E-state index contributed by atoms with van der Waals surface area (Å²) in [5.41, 5.74) is -1.18. The standard InChI is InChI=1S/C16H22O4/c1-13-7-5-12(19-13)16(10-18-4)14(2)8-6-11(20-14)15(13,16)9-17-3/h5-8,11-12H,9-10H2,1-4H3/t11-,12-,13+,14+,15+,16+/m1/s1. The van der Waals surface area contributed by atoms with E-state index in [2.05, 4.69) is 38.2 Å². The van der Waals surface area contributed by atoms with Crippen LogP contribution in [0.2, 0.25) is 0 Å². The van der Waals surface area contributed by atoms with Gasteiger partial charge in [0.2, 0.25) is 0 Å². The third-order valence-corrected chi connectivity index (χ3v) is 6.20. The van der Waals surface area contributed by atoms with E-state index in [4.69, 9.17) is 18.9 Å². The van der Waals surface area contributed by atoms with Crippen molar-refractivity contribution >= 4 is 0 Å². The maximum Gasteiger partial charge on any atom is 0.0958 e. The molecule has 0 aliphatic carbocycles. The second-order valence-electron chi connectivity index (χ2n) is 6.82. The lowest BCUT2D eigenvalue weighted by Gasteiger charge is -2.52. The van der Waals surface area contributed by atoms with E-state index in [0.717, 1.165) is 0 Å². The van der Waals surface area contributed by atoms with Crippen molar-refractivity contribution in [2.75, 3.05) is 27.4 Å². The van der Waals surface area contributed by atoms with Crippen molar-refractivity contribution < 1.29 is 18.9 Å². The molecule has 110 valence electrons. The Hall–Kier alpha value is -0.680. The van der Waals surface area contributed by atoms with Crippen molar-refractivity contribution in [2.24, 2.45) is 10.8 Å². The molecule has 6 atom stereocenters. The van der Waals surface area contributed by atoms with Crippen LogP contribution in [0.4, 0.5) is 0 Å². The van der Waals surface area contributed by atoms with Gasteiger partial charge < -0.3 is 18.9 Å². The number of rotatable bonds is 4. The van der Waals surface area contributed by atoms with E-state index in [1.54, 1.807) is 14.2 Å². The lowest BCUT2D eigenvalue weighted by atomic mass is 9.47. The summed E-state index contributed by atoms with van der Waals surface area (Å²) >= 11 is 0. The molecule has 0 amide bonds. The largest absolute Gasteiger partial charge is 0.384 e. The summed E-state index contributed by atoms with van der Waals surface area (Å²) in [5.74, 6) is 0. The first-order chi connectivity index (χ1) is 9.50. The number of hydrogen-bond acceptors (Lipinski definition) is 4. The third kappa shape index (κ3) is 0.988. The van der Waals surface area contributed by atoms with Crippen molar-refractivity contribution in [1.82, 2.24) is 0 Å². The van der Waals surface area contributed by atoms with E-state index in [0.29, 0.717) is 13.2 Å². The van der Waals surface area contributed by atoms with E-state index in [9.17, 15) is 0 Å². The van der Waals surface area contributed by atoms with E-state index < -0.39 is 0 Å². The molecular formula is C16H22O4. The highest BCUT2D eigenvalue weighted by atomic mass is 16.6. The van der Waals surface area contributed by atoms with E-state index in [1.807, 2.05) is 0 Å². The van der Waals surface area contributed by atoms with Crippen LogP contribution in [0.5, 0.6) is 0 Å². The Morgan fingerprint density at radius 2 is 1.25 bits per heavy atom. The maximum absolute atomic E-state index is 6.39. The molecule has 2 saturated heterocycles. The molecule has 4 bridgehead atoms. The number of fused-ring (bicyclic) bond motifs is 9. The second-order valence-corrected chi connectivity index (χ2v) is 6.82. The maximum atomic E-state index is 6.39. The summed E-state index contributed by atoms with van der Waals surface area (Å²) in [6.07, 6.45) is 8.76. The molecule has 0 saturated carbocycles. The van der Waals surface area contributed by atoms with Gasteiger partial charge in [0.25, 0.3) is 0 Å². The summed E-state index contributed by atoms with van der Waals surface area (Å²) in [4.78, 5) is 0. The molecule has 2 fully saturated rings. The van der Waals surface area contributed by atoms with Crippen LogP contribution in [0.1, 0.15) is 13.8 Å². The molecule has 4 heteroatoms. The quantitative estimate of drug-likeness (QED) is 0.734. The van der Waals surface area contributed by atoms with Crippen LogP contribution in [-0.4, -0.2) is 50.8 Å². The normalized spacial score (nSPS) is 57.8. The lowest BCUT2D eigenvalue weighted by molar-refractivity contribution is -0.0918. The highest BCUT2D eigenvalue weighted by Crippen LogP contribution is 2.75. The molecule has 0 N–H and O–H groups in total. The lowest BCUT2D eigenvalue weighted by Crippen LogP contribution is -2.64. The highest BCUT2D eigenvalue weighted by molar-refractivity contribution is 5.45. The van der Waals surface area contributed by atoms with Crippen LogP contribution in [0.15, 0.2) is 24.3 Å². The van der Waals surface area contributed by atoms with Crippen LogP contribution in [-0.2, 0) is 18.9 Å². The van der Waals surface area contributed by atoms with Gasteiger partial charge in [-0.2, -0.15) is 0 Å². The molecule has 20 heavy (non-hydrogen) atoms. The molecule has 0 aromatic heterocycles. The van der Waals surface area contributed by atoms with Gasteiger partial charge in [0.15, 0.2) is 0 Å². The molecular weight excluding hydrogens is 256 g/mol. The zero-order valence-electron chi connectivity index (χ0n) is 12.5. The van der Waals surface area contributed by atoms with Crippen LogP contribution in [0.25, 0.3) is 0 Å². The van der Waals surface area contributed by atoms with Crippen LogP contribution in [0.3, 0.4) is 0 Å². The predicted octanol–water partition coefficient (Wildman–Crippen LogP) is 1.71. The molecule has 4 aliphatic heterocycles. The second kappa shape index (κ2) is 3.55. The van der Waals surface area contributed by atoms with E-state index >= 15 is 0 Å². The Morgan fingerprint density at radius 3 is 1.60 bits per heavy atom. The summed E-state index contributed by atoms with van der Waals surface area (Å²) in [6.45, 7) is 5.53. The van der Waals surface area contributed by atoms with Crippen molar-refractivity contribution in [2.45, 2.75) is 37.3 Å². The Bertz CT molecular complexity index is 469. The number of hydrogen-bond donors (Lipinski definition) is 0. The fourth-order valence-electron chi connectivity index (χ4n) is 5.39. The van der Waals surface area contributed by atoms with Gasteiger partial charge in [0, 0.05) is 14.2 Å². The minimum Gasteiger partial charge on any atom is -0.384 e. The minimum atomic E-state index is -0.362. The molecule has 0 unspecified atom stereocenters. The molecule has 0 aromatic rings. The van der Waals surface area contributed by atoms with Gasteiger partial charge in [-0.3, -0.25) is 0 Å². The van der Waals surface area contributed by atoms with Crippen molar-refractivity contribution in [1.29, 1.82) is 0 Å². The summed E-state index contributed by atoms with van der Waals surface area (Å²) in [5, 5.41) is 0. The molecule has 0 radical (unpaired) electrons. The molecule has 4 rings (SSSR count). The summed E-state index contributed by atoms with van der Waals surface area (Å²) in [6, 6.07) is 0. The Labute approximate surface area is 119 Å². The Kier molecular flexibility index (Phi) is 2.31. The smallest absolute Gasteiger partial charge is 0.0958 e.